The Bertz CT molecular complexity index is 422. The number of nitrogens with one attached hydrogen (secondary N) is 1. The van der Waals surface area contributed by atoms with Crippen molar-refractivity contribution in [3.05, 3.63) is 47.8 Å². The molecule has 70 valence electrons. The van der Waals surface area contributed by atoms with Gasteiger partial charge in [-0.1, -0.05) is 0 Å². The molecule has 2 aromatic heterocycles. The summed E-state index contributed by atoms with van der Waals surface area (Å²) in [7, 11) is 0. The molecule has 0 fully saturated rings. The number of nitrogens with zero attached hydrogens (tertiary/aromatic N) is 2. The molecule has 2 heterocycles. The van der Waals surface area contributed by atoms with Crippen LogP contribution in [0.3, 0.4) is 0 Å². The number of hydrogen-bond donors (Lipinski definition) is 1. The van der Waals surface area contributed by atoms with Crippen molar-refractivity contribution in [1.29, 1.82) is 0 Å². The highest BCUT2D eigenvalue weighted by molar-refractivity contribution is 5.68. The molecule has 0 bridgehead atoms. The van der Waals surface area contributed by atoms with E-state index < -0.39 is 0 Å². The van der Waals surface area contributed by atoms with Gasteiger partial charge in [0.05, 0.1) is 5.69 Å². The summed E-state index contributed by atoms with van der Waals surface area (Å²) in [4.78, 5) is 21.2. The molecule has 2 rings (SSSR count). The van der Waals surface area contributed by atoms with E-state index in [1.54, 1.807) is 18.6 Å². The number of pyridine rings is 1. The Morgan fingerprint density at radius 1 is 1.36 bits per heavy atom. The van der Waals surface area contributed by atoms with Crippen molar-refractivity contribution in [1.82, 2.24) is 15.0 Å². The fourth-order valence-corrected chi connectivity index (χ4v) is 1.24. The van der Waals surface area contributed by atoms with Gasteiger partial charge in [0.25, 0.3) is 0 Å². The molecule has 0 aliphatic rings. The van der Waals surface area contributed by atoms with E-state index in [0.29, 0.717) is 18.5 Å². The number of imidazole rings is 1. The van der Waals surface area contributed by atoms with Gasteiger partial charge in [0.2, 0.25) is 0 Å². The van der Waals surface area contributed by atoms with Crippen LogP contribution in [-0.4, -0.2) is 21.2 Å². The molecule has 0 spiro atoms. The Balaban J connectivity index is 2.15. The summed E-state index contributed by atoms with van der Waals surface area (Å²) in [5, 5.41) is 0. The topological polar surface area (TPSA) is 58.6 Å². The van der Waals surface area contributed by atoms with Crippen molar-refractivity contribution in [2.45, 2.75) is 6.42 Å². The second kappa shape index (κ2) is 3.83. The van der Waals surface area contributed by atoms with Crippen LogP contribution in [0.15, 0.2) is 30.7 Å². The van der Waals surface area contributed by atoms with Crippen LogP contribution >= 0.6 is 0 Å². The Hall–Kier alpha value is -1.97. The van der Waals surface area contributed by atoms with Gasteiger partial charge in [0.1, 0.15) is 0 Å². The molecule has 0 aliphatic carbocycles. The van der Waals surface area contributed by atoms with Gasteiger partial charge in [0.15, 0.2) is 12.1 Å². The maximum Gasteiger partial charge on any atom is 0.185 e. The molecule has 0 aromatic carbocycles. The van der Waals surface area contributed by atoms with Crippen LogP contribution < -0.4 is 0 Å². The summed E-state index contributed by atoms with van der Waals surface area (Å²) in [5.41, 5.74) is 1.99. The fourth-order valence-electron chi connectivity index (χ4n) is 1.24. The predicted molar refractivity (Wildman–Crippen MR) is 51.0 cm³/mol. The Morgan fingerprint density at radius 3 is 2.79 bits per heavy atom. The van der Waals surface area contributed by atoms with Crippen LogP contribution in [0.2, 0.25) is 0 Å². The number of aromatic nitrogens is 3. The zero-order valence-corrected chi connectivity index (χ0v) is 7.47. The third-order valence-electron chi connectivity index (χ3n) is 1.90. The smallest absolute Gasteiger partial charge is 0.185 e. The van der Waals surface area contributed by atoms with Crippen molar-refractivity contribution in [3.63, 3.8) is 0 Å². The molecule has 4 heteroatoms. The summed E-state index contributed by atoms with van der Waals surface area (Å²) in [6, 6.07) is 3.85. The molecule has 0 amide bonds. The number of aromatic amines is 1. The van der Waals surface area contributed by atoms with Crippen molar-refractivity contribution < 1.29 is 4.79 Å². The SMILES string of the molecule is O=Cc1nc(Cc2ccncc2)c[nH]1. The average Bonchev–Trinajstić information content (AvgIpc) is 2.67. The van der Waals surface area contributed by atoms with Gasteiger partial charge in [-0.25, -0.2) is 4.98 Å². The fraction of sp³-hybridized carbons (Fsp3) is 0.100. The van der Waals surface area contributed by atoms with E-state index in [-0.39, 0.29) is 0 Å². The van der Waals surface area contributed by atoms with E-state index in [0.717, 1.165) is 11.3 Å². The van der Waals surface area contributed by atoms with Gasteiger partial charge in [-0.15, -0.1) is 0 Å². The summed E-state index contributed by atoms with van der Waals surface area (Å²) in [6.45, 7) is 0. The van der Waals surface area contributed by atoms with Crippen LogP contribution in [0.4, 0.5) is 0 Å². The van der Waals surface area contributed by atoms with E-state index >= 15 is 0 Å². The summed E-state index contributed by atoms with van der Waals surface area (Å²) >= 11 is 0. The lowest BCUT2D eigenvalue weighted by Crippen LogP contribution is -1.89. The molecule has 2 aromatic rings. The van der Waals surface area contributed by atoms with Crippen molar-refractivity contribution in [2.75, 3.05) is 0 Å². The lowest BCUT2D eigenvalue weighted by Gasteiger charge is -1.95. The van der Waals surface area contributed by atoms with Crippen molar-refractivity contribution in [2.24, 2.45) is 0 Å². The van der Waals surface area contributed by atoms with Crippen LogP contribution in [0.25, 0.3) is 0 Å². The third-order valence-corrected chi connectivity index (χ3v) is 1.90. The zero-order chi connectivity index (χ0) is 9.80. The molecule has 14 heavy (non-hydrogen) atoms. The lowest BCUT2D eigenvalue weighted by molar-refractivity contribution is 0.111. The van der Waals surface area contributed by atoms with Gasteiger partial charge in [-0.3, -0.25) is 9.78 Å². The number of aldehydes is 1. The van der Waals surface area contributed by atoms with Crippen molar-refractivity contribution >= 4 is 6.29 Å². The second-order valence-corrected chi connectivity index (χ2v) is 2.93. The van der Waals surface area contributed by atoms with Gasteiger partial charge >= 0.3 is 0 Å². The first kappa shape index (κ1) is 8.62. The van der Waals surface area contributed by atoms with Gasteiger partial charge in [0, 0.05) is 25.0 Å². The van der Waals surface area contributed by atoms with Gasteiger partial charge in [-0.05, 0) is 17.7 Å². The summed E-state index contributed by atoms with van der Waals surface area (Å²) in [5.74, 6) is 0.369. The lowest BCUT2D eigenvalue weighted by atomic mass is 10.2. The Labute approximate surface area is 81.0 Å². The molecule has 0 radical (unpaired) electrons. The van der Waals surface area contributed by atoms with Crippen molar-refractivity contribution in [3.8, 4) is 0 Å². The first-order valence-electron chi connectivity index (χ1n) is 4.27. The first-order chi connectivity index (χ1) is 6.88. The van der Waals surface area contributed by atoms with E-state index in [1.807, 2.05) is 12.1 Å². The maximum atomic E-state index is 10.4. The number of carbonyl (C=O) groups excluding carboxylic acids is 1. The third kappa shape index (κ3) is 1.85. The van der Waals surface area contributed by atoms with Gasteiger partial charge < -0.3 is 4.98 Å². The number of hydrogen-bond acceptors (Lipinski definition) is 3. The highest BCUT2D eigenvalue weighted by Crippen LogP contribution is 2.05. The van der Waals surface area contributed by atoms with Crippen LogP contribution in [0.1, 0.15) is 21.9 Å². The largest absolute Gasteiger partial charge is 0.342 e. The molecule has 0 saturated carbocycles. The van der Waals surface area contributed by atoms with Gasteiger partial charge in [-0.2, -0.15) is 0 Å². The van der Waals surface area contributed by atoms with E-state index in [1.165, 1.54) is 0 Å². The highest BCUT2D eigenvalue weighted by atomic mass is 16.1. The molecule has 0 aliphatic heterocycles. The molecular weight excluding hydrogens is 178 g/mol. The number of rotatable bonds is 3. The van der Waals surface area contributed by atoms with Crippen LogP contribution in [-0.2, 0) is 6.42 Å². The zero-order valence-electron chi connectivity index (χ0n) is 7.47. The van der Waals surface area contributed by atoms with E-state index in [2.05, 4.69) is 15.0 Å². The quantitative estimate of drug-likeness (QED) is 0.734. The van der Waals surface area contributed by atoms with Crippen LogP contribution in [0, 0.1) is 0 Å². The minimum atomic E-state index is 0.369. The summed E-state index contributed by atoms with van der Waals surface area (Å²) in [6.07, 6.45) is 6.64. The normalized spacial score (nSPS) is 10.0. The highest BCUT2D eigenvalue weighted by Gasteiger charge is 2.00. The summed E-state index contributed by atoms with van der Waals surface area (Å²) < 4.78 is 0. The maximum absolute atomic E-state index is 10.4. The molecule has 0 unspecified atom stereocenters. The minimum absolute atomic E-state index is 0.369. The molecular formula is C10H9N3O. The molecule has 1 N–H and O–H groups in total. The van der Waals surface area contributed by atoms with E-state index in [9.17, 15) is 4.79 Å². The van der Waals surface area contributed by atoms with E-state index in [4.69, 9.17) is 0 Å². The number of H-pyrrole nitrogens is 1. The molecule has 4 nitrogen and oxygen atoms in total. The Kier molecular flexibility index (Phi) is 2.36. The average molecular weight is 187 g/mol. The second-order valence-electron chi connectivity index (χ2n) is 2.93. The van der Waals surface area contributed by atoms with Crippen LogP contribution in [0.5, 0.6) is 0 Å². The number of carbonyl (C=O) groups is 1. The first-order valence-corrected chi connectivity index (χ1v) is 4.27. The minimum Gasteiger partial charge on any atom is -0.342 e. The monoisotopic (exact) mass is 187 g/mol. The molecule has 0 saturated heterocycles. The predicted octanol–water partition coefficient (Wildman–Crippen LogP) is 1.21. The Morgan fingerprint density at radius 2 is 2.14 bits per heavy atom. The molecule has 0 atom stereocenters. The standard InChI is InChI=1S/C10H9N3O/c14-7-10-12-6-9(13-10)5-8-1-3-11-4-2-8/h1-4,6-7H,5H2,(H,12,13).